The number of aliphatic carboxylic acids is 1. The third-order valence-electron chi connectivity index (χ3n) is 3.77. The van der Waals surface area contributed by atoms with Gasteiger partial charge in [-0.2, -0.15) is 12.6 Å². The van der Waals surface area contributed by atoms with Crippen LogP contribution in [-0.2, 0) is 19.1 Å². The van der Waals surface area contributed by atoms with Crippen LogP contribution in [0.15, 0.2) is 17.2 Å². The van der Waals surface area contributed by atoms with E-state index in [9.17, 15) is 39.4 Å². The molecule has 0 unspecified atom stereocenters. The van der Waals surface area contributed by atoms with Gasteiger partial charge in [-0.3, -0.25) is 34.6 Å². The van der Waals surface area contributed by atoms with Crippen LogP contribution in [0.2, 0.25) is 0 Å². The van der Waals surface area contributed by atoms with Gasteiger partial charge in [0.1, 0.15) is 12.1 Å². The number of thiol groups is 1. The molecule has 1 aromatic rings. The van der Waals surface area contributed by atoms with Crippen LogP contribution in [0.25, 0.3) is 0 Å². The molecule has 15 heteroatoms. The van der Waals surface area contributed by atoms with Gasteiger partial charge in [-0.05, 0) is 13.3 Å². The first-order valence-corrected chi connectivity index (χ1v) is 9.00. The number of rotatable bonds is 11. The maximum absolute atomic E-state index is 12.7. The van der Waals surface area contributed by atoms with Gasteiger partial charge in [-0.15, -0.1) is 0 Å². The maximum atomic E-state index is 12.7. The zero-order valence-electron chi connectivity index (χ0n) is 15.5. The topological polar surface area (TPSA) is 201 Å². The second kappa shape index (κ2) is 10.9. The van der Waals surface area contributed by atoms with Gasteiger partial charge in [0.2, 0.25) is 5.91 Å². The van der Waals surface area contributed by atoms with E-state index in [4.69, 9.17) is 9.84 Å². The predicted molar refractivity (Wildman–Crippen MR) is 102 cm³/mol. The number of esters is 1. The first-order valence-electron chi connectivity index (χ1n) is 8.37. The molecule has 1 aromatic heterocycles. The fraction of sp³-hybridized carbons (Fsp3) is 0.467. The zero-order valence-corrected chi connectivity index (χ0v) is 16.4. The van der Waals surface area contributed by atoms with Crippen LogP contribution in [0.3, 0.4) is 0 Å². The lowest BCUT2D eigenvalue weighted by Gasteiger charge is -2.22. The third kappa shape index (κ3) is 6.26. The van der Waals surface area contributed by atoms with E-state index < -0.39 is 69.4 Å². The fourth-order valence-electron chi connectivity index (χ4n) is 2.37. The molecule has 2 atom stereocenters. The summed E-state index contributed by atoms with van der Waals surface area (Å²) in [5.41, 5.74) is -3.82. The van der Waals surface area contributed by atoms with Crippen LogP contribution >= 0.6 is 12.6 Å². The molecule has 0 radical (unpaired) electrons. The van der Waals surface area contributed by atoms with Crippen molar-refractivity contribution in [2.24, 2.45) is 0 Å². The summed E-state index contributed by atoms with van der Waals surface area (Å²) >= 11 is 3.93. The second-order valence-electron chi connectivity index (χ2n) is 5.76. The fourth-order valence-corrected chi connectivity index (χ4v) is 2.61. The Balaban J connectivity index is 3.43. The molecule has 1 amide bonds. The molecular formula is C15H18N4O10S. The minimum Gasteiger partial charge on any atom is -0.481 e. The highest BCUT2D eigenvalue weighted by Crippen LogP contribution is 2.20. The first kappa shape index (κ1) is 24.5. The van der Waals surface area contributed by atoms with E-state index in [2.05, 4.69) is 17.9 Å². The van der Waals surface area contributed by atoms with E-state index in [-0.39, 0.29) is 12.4 Å². The van der Waals surface area contributed by atoms with Crippen LogP contribution < -0.4 is 10.7 Å². The number of nitrogens with zero attached hydrogens (tertiary/aromatic N) is 3. The summed E-state index contributed by atoms with van der Waals surface area (Å²) in [6.45, 7) is 1.54. The highest BCUT2D eigenvalue weighted by molar-refractivity contribution is 7.80. The number of aromatic nitrogens is 1. The number of hydrogen-bond donors (Lipinski definition) is 3. The largest absolute Gasteiger partial charge is 0.481 e. The molecule has 30 heavy (non-hydrogen) atoms. The number of carbonyl (C=O) groups is 3. The molecule has 0 aliphatic carbocycles. The standard InChI is InChI=1S/C15H18N4O10S/c1-2-29-15(24)8(7-30)16-14(23)9(3-4-12(20)21)17-5-10(18(25)26)13(22)11(6-17)19(27)28/h5-6,8-9,30H,2-4,7H2,1H3,(H,16,23)(H,20,21)/t8-,9+/m1/s1. The quantitative estimate of drug-likeness (QED) is 0.180. The number of amides is 1. The van der Waals surface area contributed by atoms with Gasteiger partial charge in [0.05, 0.1) is 28.8 Å². The summed E-state index contributed by atoms with van der Waals surface area (Å²) < 4.78 is 5.48. The van der Waals surface area contributed by atoms with Crippen molar-refractivity contribution < 1.29 is 34.1 Å². The van der Waals surface area contributed by atoms with Gasteiger partial charge in [0.15, 0.2) is 0 Å². The summed E-state index contributed by atoms with van der Waals surface area (Å²) in [5, 5.41) is 33.4. The van der Waals surface area contributed by atoms with Crippen LogP contribution in [0.4, 0.5) is 11.4 Å². The van der Waals surface area contributed by atoms with Crippen LogP contribution in [-0.4, -0.2) is 55.8 Å². The van der Waals surface area contributed by atoms with Crippen LogP contribution in [0, 0.1) is 20.2 Å². The van der Waals surface area contributed by atoms with Gasteiger partial charge in [0.25, 0.3) is 0 Å². The van der Waals surface area contributed by atoms with Crippen LogP contribution in [0.1, 0.15) is 25.8 Å². The van der Waals surface area contributed by atoms with E-state index in [1.54, 1.807) is 0 Å². The van der Waals surface area contributed by atoms with Gasteiger partial charge < -0.3 is 19.7 Å². The molecule has 0 aromatic carbocycles. The summed E-state index contributed by atoms with van der Waals surface area (Å²) in [5.74, 6) is -3.29. The number of pyridine rings is 1. The highest BCUT2D eigenvalue weighted by Gasteiger charge is 2.31. The second-order valence-corrected chi connectivity index (χ2v) is 6.13. The lowest BCUT2D eigenvalue weighted by molar-refractivity contribution is -0.397. The van der Waals surface area contributed by atoms with Gasteiger partial charge in [0, 0.05) is 12.2 Å². The Morgan fingerprint density at radius 1 is 1.23 bits per heavy atom. The van der Waals surface area contributed by atoms with E-state index >= 15 is 0 Å². The number of carboxylic acid groups (broad SMARTS) is 1. The molecule has 0 saturated carbocycles. The lowest BCUT2D eigenvalue weighted by Crippen LogP contribution is -2.46. The molecular weight excluding hydrogens is 428 g/mol. The van der Waals surface area contributed by atoms with Crippen LogP contribution in [0.5, 0.6) is 0 Å². The molecule has 2 N–H and O–H groups in total. The molecule has 0 aliphatic rings. The maximum Gasteiger partial charge on any atom is 0.339 e. The first-order chi connectivity index (χ1) is 14.0. The average molecular weight is 446 g/mol. The zero-order chi connectivity index (χ0) is 23.0. The average Bonchev–Trinajstić information content (AvgIpc) is 2.66. The summed E-state index contributed by atoms with van der Waals surface area (Å²) in [4.78, 5) is 67.3. The number of ether oxygens (including phenoxy) is 1. The molecule has 0 bridgehead atoms. The van der Waals surface area contributed by atoms with Crippen molar-refractivity contribution >= 4 is 41.8 Å². The summed E-state index contributed by atoms with van der Waals surface area (Å²) in [6, 6.07) is -2.74. The molecule has 14 nitrogen and oxygen atoms in total. The smallest absolute Gasteiger partial charge is 0.339 e. The van der Waals surface area contributed by atoms with Crippen molar-refractivity contribution in [2.45, 2.75) is 31.8 Å². The van der Waals surface area contributed by atoms with Crippen molar-refractivity contribution in [2.75, 3.05) is 12.4 Å². The molecule has 0 spiro atoms. The van der Waals surface area contributed by atoms with Crippen molar-refractivity contribution in [1.82, 2.24) is 9.88 Å². The minimum absolute atomic E-state index is 0.0134. The highest BCUT2D eigenvalue weighted by atomic mass is 32.1. The SMILES string of the molecule is CCOC(=O)[C@@H](CS)NC(=O)[C@H](CCC(=O)O)n1cc([N+](=O)[O-])c(=O)c([N+](=O)[O-])c1. The van der Waals surface area contributed by atoms with Gasteiger partial charge in [-0.1, -0.05) is 0 Å². The van der Waals surface area contributed by atoms with Gasteiger partial charge in [-0.25, -0.2) is 4.79 Å². The van der Waals surface area contributed by atoms with Crippen molar-refractivity contribution in [3.63, 3.8) is 0 Å². The van der Waals surface area contributed by atoms with E-state index in [1.807, 2.05) is 0 Å². The van der Waals surface area contributed by atoms with E-state index in [1.165, 1.54) is 6.92 Å². The minimum atomic E-state index is -1.52. The monoisotopic (exact) mass is 446 g/mol. The van der Waals surface area contributed by atoms with Crippen molar-refractivity contribution in [1.29, 1.82) is 0 Å². The number of carboxylic acids is 1. The molecule has 164 valence electrons. The molecule has 1 rings (SSSR count). The van der Waals surface area contributed by atoms with Gasteiger partial charge >= 0.3 is 28.7 Å². The van der Waals surface area contributed by atoms with Crippen molar-refractivity contribution in [3.05, 3.63) is 42.8 Å². The Hall–Kier alpha value is -3.49. The Morgan fingerprint density at radius 3 is 2.17 bits per heavy atom. The molecule has 0 aliphatic heterocycles. The Morgan fingerprint density at radius 2 is 1.77 bits per heavy atom. The lowest BCUT2D eigenvalue weighted by atomic mass is 10.1. The Labute approximate surface area is 173 Å². The van der Waals surface area contributed by atoms with E-state index in [0.717, 1.165) is 0 Å². The number of carbonyl (C=O) groups excluding carboxylic acids is 2. The summed E-state index contributed by atoms with van der Waals surface area (Å²) in [6.07, 6.45) is 0.167. The molecule has 0 saturated heterocycles. The molecule has 0 fully saturated rings. The number of nitro groups is 2. The number of nitrogens with one attached hydrogen (secondary N) is 1. The van der Waals surface area contributed by atoms with Crippen molar-refractivity contribution in [3.8, 4) is 0 Å². The Bertz CT molecular complexity index is 877. The van der Waals surface area contributed by atoms with E-state index in [0.29, 0.717) is 17.0 Å². The molecule has 1 heterocycles. The normalized spacial score (nSPS) is 12.5. The summed E-state index contributed by atoms with van der Waals surface area (Å²) in [7, 11) is 0. The Kier molecular flexibility index (Phi) is 8.91. The number of hydrogen-bond acceptors (Lipinski definition) is 10. The third-order valence-corrected chi connectivity index (χ3v) is 4.13. The predicted octanol–water partition coefficient (Wildman–Crippen LogP) is 0.0483.